The van der Waals surface area contributed by atoms with Crippen LogP contribution in [0.15, 0.2) is 36.4 Å². The van der Waals surface area contributed by atoms with E-state index in [1.807, 2.05) is 0 Å². The van der Waals surface area contributed by atoms with Crippen LogP contribution in [-0.4, -0.2) is 23.4 Å². The first-order chi connectivity index (χ1) is 12.7. The van der Waals surface area contributed by atoms with Crippen LogP contribution in [0, 0.1) is 10.1 Å². The third-order valence-corrected chi connectivity index (χ3v) is 4.17. The van der Waals surface area contributed by atoms with Crippen molar-refractivity contribution >= 4 is 46.5 Å². The average molecular weight is 412 g/mol. The maximum atomic E-state index is 12.0. The predicted molar refractivity (Wildman–Crippen MR) is 101 cm³/mol. The molecule has 0 radical (unpaired) electrons. The summed E-state index contributed by atoms with van der Waals surface area (Å²) >= 11 is 11.9. The molecular formula is C17H15Cl2N3O5. The molecule has 27 heavy (non-hydrogen) atoms. The van der Waals surface area contributed by atoms with Crippen molar-refractivity contribution in [3.8, 4) is 0 Å². The summed E-state index contributed by atoms with van der Waals surface area (Å²) in [5.74, 6) is -1.42. The molecule has 1 atom stereocenters. The average Bonchev–Trinajstić information content (AvgIpc) is 2.59. The van der Waals surface area contributed by atoms with Crippen molar-refractivity contribution < 1.29 is 19.2 Å². The Morgan fingerprint density at radius 2 is 1.96 bits per heavy atom. The number of nitro benzene ring substituents is 1. The van der Waals surface area contributed by atoms with Gasteiger partial charge in [-0.25, -0.2) is 4.79 Å². The van der Waals surface area contributed by atoms with Gasteiger partial charge in [0, 0.05) is 22.2 Å². The lowest BCUT2D eigenvalue weighted by atomic mass is 10.1. The van der Waals surface area contributed by atoms with E-state index in [2.05, 4.69) is 5.32 Å². The summed E-state index contributed by atoms with van der Waals surface area (Å²) < 4.78 is 4.90. The van der Waals surface area contributed by atoms with Gasteiger partial charge < -0.3 is 15.8 Å². The second-order valence-corrected chi connectivity index (χ2v) is 6.40. The minimum absolute atomic E-state index is 0.0674. The summed E-state index contributed by atoms with van der Waals surface area (Å²) in [4.78, 5) is 34.0. The van der Waals surface area contributed by atoms with Crippen molar-refractivity contribution in [2.75, 3.05) is 12.3 Å². The highest BCUT2D eigenvalue weighted by Gasteiger charge is 2.18. The molecule has 0 aliphatic carbocycles. The summed E-state index contributed by atoms with van der Waals surface area (Å²) in [5, 5.41) is 14.2. The minimum Gasteiger partial charge on any atom is -0.452 e. The van der Waals surface area contributed by atoms with Crippen molar-refractivity contribution in [3.63, 3.8) is 0 Å². The van der Waals surface area contributed by atoms with Crippen molar-refractivity contribution in [1.82, 2.24) is 5.32 Å². The Kier molecular flexibility index (Phi) is 6.59. The number of non-ortho nitro benzene ring substituents is 1. The van der Waals surface area contributed by atoms with E-state index in [1.54, 1.807) is 25.1 Å². The van der Waals surface area contributed by atoms with Crippen LogP contribution in [0.25, 0.3) is 0 Å². The summed E-state index contributed by atoms with van der Waals surface area (Å²) in [6.45, 7) is 1.16. The van der Waals surface area contributed by atoms with E-state index in [0.717, 1.165) is 12.1 Å². The first-order valence-corrected chi connectivity index (χ1v) is 8.40. The number of nitrogen functional groups attached to an aromatic ring is 1. The highest BCUT2D eigenvalue weighted by Crippen LogP contribution is 2.26. The monoisotopic (exact) mass is 411 g/mol. The minimum atomic E-state index is -0.866. The molecule has 0 aliphatic rings. The Hall–Kier alpha value is -2.84. The summed E-state index contributed by atoms with van der Waals surface area (Å²) in [6, 6.07) is 7.77. The number of hydrogen-bond donors (Lipinski definition) is 2. The van der Waals surface area contributed by atoms with E-state index in [4.69, 9.17) is 33.7 Å². The van der Waals surface area contributed by atoms with Crippen LogP contribution in [0.2, 0.25) is 10.0 Å². The predicted octanol–water partition coefficient (Wildman–Crippen LogP) is 3.52. The zero-order valence-electron chi connectivity index (χ0n) is 14.1. The van der Waals surface area contributed by atoms with E-state index < -0.39 is 29.4 Å². The maximum absolute atomic E-state index is 12.0. The van der Waals surface area contributed by atoms with E-state index >= 15 is 0 Å². The summed E-state index contributed by atoms with van der Waals surface area (Å²) in [7, 11) is 0. The van der Waals surface area contributed by atoms with Gasteiger partial charge in [0.15, 0.2) is 6.61 Å². The lowest BCUT2D eigenvalue weighted by Gasteiger charge is -2.16. The molecule has 2 aromatic carbocycles. The number of nitrogens with two attached hydrogens (primary N) is 1. The normalized spacial score (nSPS) is 11.5. The third-order valence-electron chi connectivity index (χ3n) is 3.61. The van der Waals surface area contributed by atoms with Gasteiger partial charge in [0.05, 0.1) is 22.2 Å². The molecule has 0 unspecified atom stereocenters. The number of hydrogen-bond acceptors (Lipinski definition) is 6. The molecule has 0 fully saturated rings. The van der Waals surface area contributed by atoms with Gasteiger partial charge in [-0.05, 0) is 30.7 Å². The number of rotatable bonds is 6. The fourth-order valence-electron chi connectivity index (χ4n) is 2.27. The Morgan fingerprint density at radius 3 is 2.56 bits per heavy atom. The Morgan fingerprint density at radius 1 is 1.26 bits per heavy atom. The zero-order chi connectivity index (χ0) is 20.1. The standard InChI is InChI=1S/C17H15Cl2N3O5/c1-9(12-4-2-10(18)6-14(12)19)21-16(23)8-27-17(24)13-5-3-11(22(25)26)7-15(13)20/h2-7,9H,8,20H2,1H3,(H,21,23)/t9-/m0/s1. The van der Waals surface area contributed by atoms with Gasteiger partial charge in [0.25, 0.3) is 11.6 Å². The Balaban J connectivity index is 1.95. The number of esters is 1. The highest BCUT2D eigenvalue weighted by molar-refractivity contribution is 6.35. The van der Waals surface area contributed by atoms with E-state index in [1.165, 1.54) is 6.07 Å². The molecule has 10 heteroatoms. The Labute approximate surface area is 164 Å². The number of benzene rings is 2. The molecule has 1 amide bonds. The Bertz CT molecular complexity index is 904. The van der Waals surface area contributed by atoms with Gasteiger partial charge in [-0.2, -0.15) is 0 Å². The largest absolute Gasteiger partial charge is 0.452 e. The molecule has 0 aliphatic heterocycles. The second-order valence-electron chi connectivity index (χ2n) is 5.56. The summed E-state index contributed by atoms with van der Waals surface area (Å²) in [6.07, 6.45) is 0. The molecule has 0 bridgehead atoms. The third kappa shape index (κ3) is 5.32. The topological polar surface area (TPSA) is 125 Å². The van der Waals surface area contributed by atoms with Crippen LogP contribution in [0.4, 0.5) is 11.4 Å². The maximum Gasteiger partial charge on any atom is 0.340 e. The van der Waals surface area contributed by atoms with Crippen molar-refractivity contribution in [3.05, 3.63) is 67.7 Å². The second kappa shape index (κ2) is 8.70. The highest BCUT2D eigenvalue weighted by atomic mass is 35.5. The zero-order valence-corrected chi connectivity index (χ0v) is 15.6. The fraction of sp³-hybridized carbons (Fsp3) is 0.176. The first-order valence-electron chi connectivity index (χ1n) is 7.64. The number of carbonyl (C=O) groups is 2. The van der Waals surface area contributed by atoms with Crippen molar-refractivity contribution in [1.29, 1.82) is 0 Å². The number of anilines is 1. The first kappa shape index (κ1) is 20.5. The molecule has 142 valence electrons. The molecule has 8 nitrogen and oxygen atoms in total. The van der Waals surface area contributed by atoms with E-state index in [-0.39, 0.29) is 16.9 Å². The van der Waals surface area contributed by atoms with Gasteiger partial charge in [0.1, 0.15) is 0 Å². The number of carbonyl (C=O) groups excluding carboxylic acids is 2. The molecule has 0 heterocycles. The van der Waals surface area contributed by atoms with Crippen LogP contribution in [0.1, 0.15) is 28.9 Å². The molecule has 3 N–H and O–H groups in total. The van der Waals surface area contributed by atoms with Crippen LogP contribution in [0.3, 0.4) is 0 Å². The molecule has 0 saturated heterocycles. The van der Waals surface area contributed by atoms with Crippen molar-refractivity contribution in [2.24, 2.45) is 0 Å². The molecule has 0 saturated carbocycles. The number of amides is 1. The van der Waals surface area contributed by atoms with Gasteiger partial charge in [0.2, 0.25) is 0 Å². The number of ether oxygens (including phenoxy) is 1. The van der Waals surface area contributed by atoms with Gasteiger partial charge in [-0.1, -0.05) is 29.3 Å². The molecule has 0 spiro atoms. The summed E-state index contributed by atoms with van der Waals surface area (Å²) in [5.41, 5.74) is 5.84. The van der Waals surface area contributed by atoms with Crippen LogP contribution in [-0.2, 0) is 9.53 Å². The van der Waals surface area contributed by atoms with Crippen LogP contribution < -0.4 is 11.1 Å². The quantitative estimate of drug-likeness (QED) is 0.324. The van der Waals surface area contributed by atoms with Gasteiger partial charge in [-0.3, -0.25) is 14.9 Å². The fourth-order valence-corrected chi connectivity index (χ4v) is 2.84. The van der Waals surface area contributed by atoms with Crippen LogP contribution >= 0.6 is 23.2 Å². The van der Waals surface area contributed by atoms with Crippen molar-refractivity contribution in [2.45, 2.75) is 13.0 Å². The molecular weight excluding hydrogens is 397 g/mol. The number of halogens is 2. The SMILES string of the molecule is C[C@H](NC(=O)COC(=O)c1ccc([N+](=O)[O-])cc1N)c1ccc(Cl)cc1Cl. The van der Waals surface area contributed by atoms with E-state index in [9.17, 15) is 19.7 Å². The van der Waals surface area contributed by atoms with Gasteiger partial charge in [-0.15, -0.1) is 0 Å². The molecule has 2 aromatic rings. The molecule has 0 aromatic heterocycles. The molecule has 2 rings (SSSR count). The van der Waals surface area contributed by atoms with Gasteiger partial charge >= 0.3 is 5.97 Å². The number of nitrogens with zero attached hydrogens (tertiary/aromatic N) is 1. The number of nitro groups is 1. The smallest absolute Gasteiger partial charge is 0.340 e. The lowest BCUT2D eigenvalue weighted by Crippen LogP contribution is -2.31. The van der Waals surface area contributed by atoms with E-state index in [0.29, 0.717) is 15.6 Å². The lowest BCUT2D eigenvalue weighted by molar-refractivity contribution is -0.384. The number of nitrogens with one attached hydrogen (secondary N) is 1. The van der Waals surface area contributed by atoms with Crippen LogP contribution in [0.5, 0.6) is 0 Å².